The summed E-state index contributed by atoms with van der Waals surface area (Å²) in [7, 11) is -2.90. The summed E-state index contributed by atoms with van der Waals surface area (Å²) >= 11 is 0. The number of nitrogens with zero attached hydrogens (tertiary/aromatic N) is 1. The molecule has 2 unspecified atom stereocenters. The summed E-state index contributed by atoms with van der Waals surface area (Å²) in [6, 6.07) is 0.249. The van der Waals surface area contributed by atoms with Gasteiger partial charge in [-0.05, 0) is 45.2 Å². The van der Waals surface area contributed by atoms with Gasteiger partial charge in [0, 0.05) is 12.6 Å². The Labute approximate surface area is 127 Å². The van der Waals surface area contributed by atoms with Crippen LogP contribution in [0.3, 0.4) is 0 Å². The molecule has 7 heteroatoms. The second kappa shape index (κ2) is 6.62. The van der Waals surface area contributed by atoms with E-state index in [1.165, 1.54) is 0 Å². The van der Waals surface area contributed by atoms with Gasteiger partial charge in [0.1, 0.15) is 0 Å². The second-order valence-electron chi connectivity index (χ2n) is 6.27. The van der Waals surface area contributed by atoms with Crippen molar-refractivity contribution in [3.63, 3.8) is 0 Å². The molecule has 0 aromatic heterocycles. The zero-order valence-electron chi connectivity index (χ0n) is 12.8. The highest BCUT2D eigenvalue weighted by molar-refractivity contribution is 7.91. The Balaban J connectivity index is 2.08. The molecule has 2 rings (SSSR count). The number of nitrogens with two attached hydrogens (primary N) is 1. The van der Waals surface area contributed by atoms with Crippen molar-refractivity contribution in [1.82, 2.24) is 10.2 Å². The highest BCUT2D eigenvalue weighted by atomic mass is 32.2. The van der Waals surface area contributed by atoms with Gasteiger partial charge in [0.25, 0.3) is 0 Å². The smallest absolute Gasteiger partial charge is 0.237 e. The predicted molar refractivity (Wildman–Crippen MR) is 82.7 cm³/mol. The van der Waals surface area contributed by atoms with Crippen molar-refractivity contribution in [2.45, 2.75) is 50.6 Å². The van der Waals surface area contributed by atoms with Crippen LogP contribution in [-0.2, 0) is 14.6 Å². The molecule has 122 valence electrons. The van der Waals surface area contributed by atoms with Crippen molar-refractivity contribution in [2.75, 3.05) is 31.1 Å². The average molecular weight is 317 g/mol. The third-order valence-corrected chi connectivity index (χ3v) is 6.53. The zero-order valence-corrected chi connectivity index (χ0v) is 13.6. The average Bonchev–Trinajstić information content (AvgIpc) is 2.60. The van der Waals surface area contributed by atoms with Gasteiger partial charge in [-0.15, -0.1) is 0 Å². The predicted octanol–water partition coefficient (Wildman–Crippen LogP) is -0.117. The maximum absolute atomic E-state index is 11.9. The number of sulfone groups is 1. The standard InChI is InChI=1S/C14H27N3O3S/c1-2-16-14(13(15)18)6-3-5-12(11-14)17-7-4-9-21(19,20)10-8-17/h12,16H,2-11H2,1H3,(H2,15,18). The van der Waals surface area contributed by atoms with Crippen molar-refractivity contribution >= 4 is 15.7 Å². The maximum Gasteiger partial charge on any atom is 0.237 e. The van der Waals surface area contributed by atoms with Gasteiger partial charge in [-0.25, -0.2) is 8.42 Å². The Morgan fingerprint density at radius 3 is 2.76 bits per heavy atom. The molecule has 0 aromatic rings. The first kappa shape index (κ1) is 16.7. The molecule has 3 N–H and O–H groups in total. The monoisotopic (exact) mass is 317 g/mol. The third kappa shape index (κ3) is 3.96. The second-order valence-corrected chi connectivity index (χ2v) is 8.57. The molecule has 1 aliphatic carbocycles. The van der Waals surface area contributed by atoms with E-state index >= 15 is 0 Å². The Morgan fingerprint density at radius 2 is 2.10 bits per heavy atom. The van der Waals surface area contributed by atoms with Crippen LogP contribution in [0.1, 0.15) is 39.0 Å². The largest absolute Gasteiger partial charge is 0.368 e. The first-order valence-corrected chi connectivity index (χ1v) is 9.70. The normalized spacial score (nSPS) is 34.2. The molecule has 1 saturated carbocycles. The van der Waals surface area contributed by atoms with E-state index in [2.05, 4.69) is 10.2 Å². The molecule has 6 nitrogen and oxygen atoms in total. The SMILES string of the molecule is CCNC1(C(N)=O)CCCC(N2CCCS(=O)(=O)CC2)C1. The first-order chi connectivity index (χ1) is 9.88. The third-order valence-electron chi connectivity index (χ3n) is 4.82. The van der Waals surface area contributed by atoms with Gasteiger partial charge in [-0.3, -0.25) is 9.69 Å². The van der Waals surface area contributed by atoms with E-state index in [-0.39, 0.29) is 23.5 Å². The van der Waals surface area contributed by atoms with Gasteiger partial charge in [0.2, 0.25) is 5.91 Å². The van der Waals surface area contributed by atoms with E-state index < -0.39 is 15.4 Å². The van der Waals surface area contributed by atoms with E-state index in [1.54, 1.807) is 0 Å². The highest BCUT2D eigenvalue weighted by Gasteiger charge is 2.42. The first-order valence-electron chi connectivity index (χ1n) is 7.88. The molecule has 0 spiro atoms. The molecule has 2 atom stereocenters. The fraction of sp³-hybridized carbons (Fsp3) is 0.929. The molecule has 1 saturated heterocycles. The minimum absolute atomic E-state index is 0.230. The molecular formula is C14H27N3O3S. The van der Waals surface area contributed by atoms with Crippen molar-refractivity contribution in [1.29, 1.82) is 0 Å². The van der Waals surface area contributed by atoms with Crippen molar-refractivity contribution in [3.8, 4) is 0 Å². The summed E-state index contributed by atoms with van der Waals surface area (Å²) in [5, 5.41) is 3.28. The van der Waals surface area contributed by atoms with Crippen LogP contribution in [0.2, 0.25) is 0 Å². The Hall–Kier alpha value is -0.660. The zero-order chi connectivity index (χ0) is 15.5. The Kier molecular flexibility index (Phi) is 5.27. The summed E-state index contributed by atoms with van der Waals surface area (Å²) in [4.78, 5) is 14.2. The van der Waals surface area contributed by atoms with Crippen molar-refractivity contribution in [3.05, 3.63) is 0 Å². The maximum atomic E-state index is 11.9. The topological polar surface area (TPSA) is 92.5 Å². The van der Waals surface area contributed by atoms with Gasteiger partial charge >= 0.3 is 0 Å². The molecule has 0 aromatic carbocycles. The molecule has 1 heterocycles. The van der Waals surface area contributed by atoms with Crippen molar-refractivity contribution < 1.29 is 13.2 Å². The van der Waals surface area contributed by atoms with Crippen LogP contribution in [0.15, 0.2) is 0 Å². The number of hydrogen-bond acceptors (Lipinski definition) is 5. The number of carbonyl (C=O) groups is 1. The molecule has 2 fully saturated rings. The lowest BCUT2D eigenvalue weighted by Gasteiger charge is -2.43. The molecule has 1 amide bonds. The summed E-state index contributed by atoms with van der Waals surface area (Å²) in [6.45, 7) is 4.07. The fourth-order valence-corrected chi connectivity index (χ4v) is 4.98. The van der Waals surface area contributed by atoms with Gasteiger partial charge in [0.15, 0.2) is 9.84 Å². The highest BCUT2D eigenvalue weighted by Crippen LogP contribution is 2.31. The van der Waals surface area contributed by atoms with Crippen LogP contribution in [0.25, 0.3) is 0 Å². The lowest BCUT2D eigenvalue weighted by atomic mass is 9.77. The summed E-state index contributed by atoms with van der Waals surface area (Å²) < 4.78 is 23.4. The molecule has 21 heavy (non-hydrogen) atoms. The number of carbonyl (C=O) groups excluding carboxylic acids is 1. The molecule has 1 aliphatic heterocycles. The number of amides is 1. The molecule has 0 bridgehead atoms. The fourth-order valence-electron chi connectivity index (χ4n) is 3.69. The Morgan fingerprint density at radius 1 is 1.33 bits per heavy atom. The molecule has 2 aliphatic rings. The van der Waals surface area contributed by atoms with Crippen LogP contribution in [-0.4, -0.2) is 61.9 Å². The van der Waals surface area contributed by atoms with Crippen LogP contribution in [0.5, 0.6) is 0 Å². The summed E-state index contributed by atoms with van der Waals surface area (Å²) in [5.41, 5.74) is 5.02. The van der Waals surface area contributed by atoms with E-state index in [1.807, 2.05) is 6.92 Å². The molecular weight excluding hydrogens is 290 g/mol. The van der Waals surface area contributed by atoms with Crippen LogP contribution < -0.4 is 11.1 Å². The number of primary amides is 1. The quantitative estimate of drug-likeness (QED) is 0.754. The van der Waals surface area contributed by atoms with Gasteiger partial charge < -0.3 is 11.1 Å². The number of likely N-dealkylation sites (N-methyl/N-ethyl adjacent to an activating group) is 1. The van der Waals surface area contributed by atoms with Crippen LogP contribution in [0, 0.1) is 0 Å². The van der Waals surface area contributed by atoms with Gasteiger partial charge in [-0.2, -0.15) is 0 Å². The summed E-state index contributed by atoms with van der Waals surface area (Å²) in [6.07, 6.45) is 4.11. The van der Waals surface area contributed by atoms with Crippen LogP contribution >= 0.6 is 0 Å². The minimum Gasteiger partial charge on any atom is -0.368 e. The number of rotatable bonds is 4. The lowest BCUT2D eigenvalue weighted by molar-refractivity contribution is -0.126. The number of hydrogen-bond donors (Lipinski definition) is 2. The Bertz CT molecular complexity index is 476. The van der Waals surface area contributed by atoms with Crippen molar-refractivity contribution in [2.24, 2.45) is 5.73 Å². The van der Waals surface area contributed by atoms with Crippen LogP contribution in [0.4, 0.5) is 0 Å². The van der Waals surface area contributed by atoms with E-state index in [0.29, 0.717) is 25.9 Å². The lowest BCUT2D eigenvalue weighted by Crippen LogP contribution is -2.60. The van der Waals surface area contributed by atoms with E-state index in [0.717, 1.165) is 25.8 Å². The summed E-state index contributed by atoms with van der Waals surface area (Å²) in [5.74, 6) is 0.232. The van der Waals surface area contributed by atoms with E-state index in [4.69, 9.17) is 5.73 Å². The minimum atomic E-state index is -2.90. The molecule has 0 radical (unpaired) electrons. The van der Waals surface area contributed by atoms with Gasteiger partial charge in [0.05, 0.1) is 17.0 Å². The van der Waals surface area contributed by atoms with E-state index in [9.17, 15) is 13.2 Å². The van der Waals surface area contributed by atoms with Gasteiger partial charge in [-0.1, -0.05) is 6.92 Å². The number of nitrogens with one attached hydrogen (secondary N) is 1.